The highest BCUT2D eigenvalue weighted by Crippen LogP contribution is 2.37. The molecular formula is C28H27Cl2FN6O2. The minimum atomic E-state index is -0.673. The number of amides is 1. The van der Waals surface area contributed by atoms with Gasteiger partial charge in [-0.05, 0) is 50.1 Å². The number of nitrogen functional groups attached to an aromatic ring is 1. The topological polar surface area (TPSA) is 99.2 Å². The van der Waals surface area contributed by atoms with E-state index in [4.69, 9.17) is 33.7 Å². The van der Waals surface area contributed by atoms with Crippen molar-refractivity contribution in [3.05, 3.63) is 88.3 Å². The van der Waals surface area contributed by atoms with E-state index in [-0.39, 0.29) is 22.8 Å². The van der Waals surface area contributed by atoms with Gasteiger partial charge in [0.05, 0.1) is 23.7 Å². The van der Waals surface area contributed by atoms with Crippen LogP contribution in [-0.2, 0) is 11.2 Å². The second-order valence-corrected chi connectivity index (χ2v) is 10.2. The van der Waals surface area contributed by atoms with E-state index in [0.717, 1.165) is 29.7 Å². The van der Waals surface area contributed by atoms with Crippen LogP contribution in [-0.4, -0.2) is 43.6 Å². The van der Waals surface area contributed by atoms with Crippen LogP contribution in [0.15, 0.2) is 61.2 Å². The van der Waals surface area contributed by atoms with Crippen molar-refractivity contribution < 1.29 is 13.9 Å². The molecule has 1 aliphatic heterocycles. The Kier molecular flexibility index (Phi) is 7.99. The number of aromatic nitrogens is 4. The van der Waals surface area contributed by atoms with Gasteiger partial charge in [0.25, 0.3) is 0 Å². The fourth-order valence-corrected chi connectivity index (χ4v) is 5.39. The van der Waals surface area contributed by atoms with Crippen molar-refractivity contribution in [2.45, 2.75) is 38.3 Å². The molecule has 1 fully saturated rings. The summed E-state index contributed by atoms with van der Waals surface area (Å²) >= 11 is 12.4. The summed E-state index contributed by atoms with van der Waals surface area (Å²) in [7, 11) is 0. The maximum absolute atomic E-state index is 14.0. The monoisotopic (exact) mass is 568 g/mol. The zero-order chi connectivity index (χ0) is 27.5. The van der Waals surface area contributed by atoms with Crippen LogP contribution in [0.5, 0.6) is 5.75 Å². The fraction of sp³-hybridized carbons (Fsp3) is 0.286. The van der Waals surface area contributed by atoms with Crippen molar-refractivity contribution in [2.75, 3.05) is 18.8 Å². The number of anilines is 1. The second-order valence-electron chi connectivity index (χ2n) is 9.44. The summed E-state index contributed by atoms with van der Waals surface area (Å²) in [6, 6.07) is 10.2. The van der Waals surface area contributed by atoms with Gasteiger partial charge in [0.15, 0.2) is 11.6 Å². The fourth-order valence-electron chi connectivity index (χ4n) is 4.71. The number of carbonyl (C=O) groups is 1. The zero-order valence-corrected chi connectivity index (χ0v) is 22.7. The highest BCUT2D eigenvalue weighted by molar-refractivity contribution is 6.36. The molecule has 5 rings (SSSR count). The van der Waals surface area contributed by atoms with Gasteiger partial charge in [-0.2, -0.15) is 5.10 Å². The molecule has 0 radical (unpaired) electrons. The predicted octanol–water partition coefficient (Wildman–Crippen LogP) is 5.91. The largest absolute Gasteiger partial charge is 0.482 e. The third-order valence-corrected chi connectivity index (χ3v) is 7.57. The number of ether oxygens (including phenoxy) is 1. The van der Waals surface area contributed by atoms with Crippen molar-refractivity contribution >= 4 is 34.9 Å². The van der Waals surface area contributed by atoms with E-state index in [0.29, 0.717) is 35.8 Å². The summed E-state index contributed by atoms with van der Waals surface area (Å²) in [4.78, 5) is 23.1. The first kappa shape index (κ1) is 26.9. The van der Waals surface area contributed by atoms with E-state index in [1.807, 2.05) is 34.0 Å². The van der Waals surface area contributed by atoms with Gasteiger partial charge >= 0.3 is 0 Å². The quantitative estimate of drug-likeness (QED) is 0.278. The summed E-state index contributed by atoms with van der Waals surface area (Å²) in [6.07, 6.45) is 8.31. The molecule has 1 saturated heterocycles. The first-order valence-electron chi connectivity index (χ1n) is 12.6. The molecule has 0 unspecified atom stereocenters. The number of benzene rings is 1. The van der Waals surface area contributed by atoms with Gasteiger partial charge in [0.2, 0.25) is 5.91 Å². The van der Waals surface area contributed by atoms with Crippen LogP contribution in [0.2, 0.25) is 10.0 Å². The highest BCUT2D eigenvalue weighted by atomic mass is 35.5. The lowest BCUT2D eigenvalue weighted by molar-refractivity contribution is -0.131. The van der Waals surface area contributed by atoms with Crippen molar-refractivity contribution in [3.63, 3.8) is 0 Å². The number of piperidine rings is 1. The third kappa shape index (κ3) is 5.99. The number of likely N-dealkylation sites (tertiary alicyclic amines) is 1. The van der Waals surface area contributed by atoms with Gasteiger partial charge in [-0.25, -0.2) is 9.37 Å². The van der Waals surface area contributed by atoms with Crippen LogP contribution in [0.25, 0.3) is 11.1 Å². The Bertz CT molecular complexity index is 1470. The van der Waals surface area contributed by atoms with Gasteiger partial charge in [0.1, 0.15) is 11.9 Å². The molecule has 0 bridgehead atoms. The summed E-state index contributed by atoms with van der Waals surface area (Å²) in [5, 5.41) is 4.77. The maximum atomic E-state index is 14.0. The molecule has 11 heteroatoms. The lowest BCUT2D eigenvalue weighted by atomic mass is 10.0. The molecular weight excluding hydrogens is 542 g/mol. The number of hydrogen-bond acceptors (Lipinski definition) is 6. The molecule has 4 aromatic rings. The van der Waals surface area contributed by atoms with Crippen molar-refractivity contribution in [1.29, 1.82) is 0 Å². The molecule has 0 spiro atoms. The lowest BCUT2D eigenvalue weighted by Gasteiger charge is -2.32. The number of halogens is 3. The van der Waals surface area contributed by atoms with Crippen molar-refractivity contribution in [3.8, 4) is 16.9 Å². The van der Waals surface area contributed by atoms with E-state index in [9.17, 15) is 9.18 Å². The van der Waals surface area contributed by atoms with Crippen LogP contribution >= 0.6 is 23.2 Å². The minimum absolute atomic E-state index is 0.0869. The Morgan fingerprint density at radius 2 is 1.95 bits per heavy atom. The summed E-state index contributed by atoms with van der Waals surface area (Å²) < 4.78 is 22.0. The lowest BCUT2D eigenvalue weighted by Crippen LogP contribution is -2.40. The van der Waals surface area contributed by atoms with E-state index in [2.05, 4.69) is 15.1 Å². The highest BCUT2D eigenvalue weighted by Gasteiger charge is 2.25. The molecule has 0 aliphatic carbocycles. The Morgan fingerprint density at radius 1 is 1.15 bits per heavy atom. The Hall–Kier alpha value is -3.69. The van der Waals surface area contributed by atoms with Gasteiger partial charge in [-0.1, -0.05) is 29.3 Å². The van der Waals surface area contributed by atoms with E-state index in [1.165, 1.54) is 12.1 Å². The predicted molar refractivity (Wildman–Crippen MR) is 148 cm³/mol. The molecule has 2 N–H and O–H groups in total. The van der Waals surface area contributed by atoms with Crippen LogP contribution in [0, 0.1) is 5.82 Å². The molecule has 1 amide bonds. The maximum Gasteiger partial charge on any atom is 0.228 e. The Labute approximate surface area is 235 Å². The molecule has 4 heterocycles. The standard InChI is InChI=1S/C28H27Cl2FN6O2/c1-17(26-22(29)5-6-23(31)27(26)30)39-24-12-18(14-34-28(24)32)19-15-35-37(16-19)21-7-10-36(11-8-21)25(38)13-20-4-2-3-9-33-20/h2-6,9,12,14-17,21H,7-8,10-11,13H2,1H3,(H2,32,34)/t17-/m1/s1. The van der Waals surface area contributed by atoms with Crippen LogP contribution < -0.4 is 10.5 Å². The zero-order valence-electron chi connectivity index (χ0n) is 21.2. The Morgan fingerprint density at radius 3 is 2.69 bits per heavy atom. The molecule has 8 nitrogen and oxygen atoms in total. The van der Waals surface area contributed by atoms with Gasteiger partial charge in [0, 0.05) is 59.1 Å². The number of pyridine rings is 2. The van der Waals surface area contributed by atoms with Gasteiger partial charge in [-0.3, -0.25) is 14.5 Å². The van der Waals surface area contributed by atoms with E-state index in [1.54, 1.807) is 31.6 Å². The number of rotatable bonds is 7. The first-order chi connectivity index (χ1) is 18.8. The molecule has 202 valence electrons. The van der Waals surface area contributed by atoms with Crippen LogP contribution in [0.3, 0.4) is 0 Å². The molecule has 3 aromatic heterocycles. The minimum Gasteiger partial charge on any atom is -0.482 e. The number of nitrogens with zero attached hydrogens (tertiary/aromatic N) is 5. The average Bonchev–Trinajstić information content (AvgIpc) is 3.43. The van der Waals surface area contributed by atoms with Crippen LogP contribution in [0.4, 0.5) is 10.2 Å². The normalized spacial score (nSPS) is 14.8. The second kappa shape index (κ2) is 11.6. The molecule has 1 aromatic carbocycles. The third-order valence-electron chi connectivity index (χ3n) is 6.86. The summed E-state index contributed by atoms with van der Waals surface area (Å²) in [6.45, 7) is 3.04. The summed E-state index contributed by atoms with van der Waals surface area (Å²) in [5.74, 6) is 0.0132. The van der Waals surface area contributed by atoms with Crippen LogP contribution in [0.1, 0.15) is 43.2 Å². The molecule has 39 heavy (non-hydrogen) atoms. The van der Waals surface area contributed by atoms with Crippen molar-refractivity contribution in [2.24, 2.45) is 0 Å². The van der Waals surface area contributed by atoms with Crippen molar-refractivity contribution in [1.82, 2.24) is 24.6 Å². The first-order valence-corrected chi connectivity index (χ1v) is 13.3. The van der Waals surface area contributed by atoms with E-state index >= 15 is 0 Å². The summed E-state index contributed by atoms with van der Waals surface area (Å²) in [5.41, 5.74) is 8.79. The SMILES string of the molecule is C[C@@H](Oc1cc(-c2cnn(C3CCN(C(=O)Cc4ccccn4)CC3)c2)cnc1N)c1c(Cl)ccc(F)c1Cl. The molecule has 0 saturated carbocycles. The molecule has 1 atom stereocenters. The van der Waals surface area contributed by atoms with Gasteiger partial charge in [-0.15, -0.1) is 0 Å². The van der Waals surface area contributed by atoms with Gasteiger partial charge < -0.3 is 15.4 Å². The Balaban J connectivity index is 1.25. The average molecular weight is 569 g/mol. The molecule has 1 aliphatic rings. The number of carbonyl (C=O) groups excluding carboxylic acids is 1. The smallest absolute Gasteiger partial charge is 0.228 e. The van der Waals surface area contributed by atoms with E-state index < -0.39 is 11.9 Å². The number of hydrogen-bond donors (Lipinski definition) is 1. The number of nitrogens with two attached hydrogens (primary N) is 1.